The second kappa shape index (κ2) is 7.62. The number of carbonyl (C=O) groups excluding carboxylic acids is 4. The molecule has 1 aromatic carbocycles. The van der Waals surface area contributed by atoms with E-state index in [2.05, 4.69) is 10.6 Å². The van der Waals surface area contributed by atoms with Gasteiger partial charge in [0.05, 0.1) is 5.56 Å². The maximum atomic E-state index is 12.6. The summed E-state index contributed by atoms with van der Waals surface area (Å²) < 4.78 is 42.7. The fraction of sp³-hybridized carbons (Fsp3) is 0.474. The number of alkyl halides is 3. The van der Waals surface area contributed by atoms with Gasteiger partial charge in [-0.2, -0.15) is 13.2 Å². The van der Waals surface area contributed by atoms with Crippen LogP contribution in [0, 0.1) is 5.92 Å². The van der Waals surface area contributed by atoms with Gasteiger partial charge in [0.1, 0.15) is 12.1 Å². The average Bonchev–Trinajstić information content (AvgIpc) is 3.47. The quantitative estimate of drug-likeness (QED) is 0.536. The highest BCUT2D eigenvalue weighted by Gasteiger charge is 2.56. The van der Waals surface area contributed by atoms with E-state index < -0.39 is 53.7 Å². The lowest BCUT2D eigenvalue weighted by Gasteiger charge is -2.21. The van der Waals surface area contributed by atoms with Crippen LogP contribution in [0.4, 0.5) is 23.7 Å². The highest BCUT2D eigenvalue weighted by Crippen LogP contribution is 2.42. The molecule has 8 nitrogen and oxygen atoms in total. The number of hydrogen-bond acceptors (Lipinski definition) is 5. The molecule has 0 spiro atoms. The van der Waals surface area contributed by atoms with Crippen molar-refractivity contribution in [2.45, 2.75) is 44.5 Å². The number of rotatable bonds is 6. The summed E-state index contributed by atoms with van der Waals surface area (Å²) in [5.74, 6) is -2.23. The minimum absolute atomic E-state index is 0.0309. The predicted molar refractivity (Wildman–Crippen MR) is 97.0 cm³/mol. The highest BCUT2D eigenvalue weighted by molar-refractivity contribution is 6.09. The number of anilines is 1. The summed E-state index contributed by atoms with van der Waals surface area (Å²) in [5.41, 5.74) is -1.82. The number of nitrogens with zero attached hydrogens (tertiary/aromatic N) is 1. The van der Waals surface area contributed by atoms with Gasteiger partial charge >= 0.3 is 18.2 Å². The Morgan fingerprint density at radius 3 is 2.40 bits per heavy atom. The molecule has 0 radical (unpaired) electrons. The summed E-state index contributed by atoms with van der Waals surface area (Å²) in [6, 6.07) is 3.05. The number of benzene rings is 1. The van der Waals surface area contributed by atoms with Gasteiger partial charge in [0.2, 0.25) is 0 Å². The second-order valence-electron chi connectivity index (χ2n) is 7.49. The summed E-state index contributed by atoms with van der Waals surface area (Å²) in [5, 5.41) is 4.92. The molecule has 1 heterocycles. The number of carbonyl (C=O) groups is 4. The SMILES string of the molecule is C[C@H](OC(=O)CN1C(=O)N[C@@](C)(C2CC2)C1=O)C(=O)Nc1ccc(C(F)(F)F)cc1. The molecule has 1 aliphatic carbocycles. The zero-order valence-corrected chi connectivity index (χ0v) is 16.2. The third kappa shape index (κ3) is 4.39. The van der Waals surface area contributed by atoms with Crippen molar-refractivity contribution in [3.8, 4) is 0 Å². The molecule has 0 bridgehead atoms. The molecule has 1 saturated carbocycles. The Kier molecular flexibility index (Phi) is 5.48. The highest BCUT2D eigenvalue weighted by atomic mass is 19.4. The Morgan fingerprint density at radius 1 is 1.27 bits per heavy atom. The Morgan fingerprint density at radius 2 is 1.87 bits per heavy atom. The van der Waals surface area contributed by atoms with E-state index >= 15 is 0 Å². The van der Waals surface area contributed by atoms with Crippen LogP contribution >= 0.6 is 0 Å². The number of ether oxygens (including phenoxy) is 1. The number of urea groups is 1. The van der Waals surface area contributed by atoms with E-state index in [-0.39, 0.29) is 11.6 Å². The minimum Gasteiger partial charge on any atom is -0.451 e. The first-order valence-corrected chi connectivity index (χ1v) is 9.23. The summed E-state index contributed by atoms with van der Waals surface area (Å²) in [6.45, 7) is 2.22. The van der Waals surface area contributed by atoms with Gasteiger partial charge in [0.25, 0.3) is 11.8 Å². The largest absolute Gasteiger partial charge is 0.451 e. The summed E-state index contributed by atoms with van der Waals surface area (Å²) in [4.78, 5) is 49.5. The third-order valence-electron chi connectivity index (χ3n) is 5.14. The van der Waals surface area contributed by atoms with Crippen LogP contribution < -0.4 is 10.6 Å². The summed E-state index contributed by atoms with van der Waals surface area (Å²) in [7, 11) is 0. The number of halogens is 3. The predicted octanol–water partition coefficient (Wildman–Crippen LogP) is 2.30. The zero-order valence-electron chi connectivity index (χ0n) is 16.2. The first-order valence-electron chi connectivity index (χ1n) is 9.23. The molecule has 2 fully saturated rings. The monoisotopic (exact) mass is 427 g/mol. The molecule has 1 aromatic rings. The fourth-order valence-electron chi connectivity index (χ4n) is 3.20. The van der Waals surface area contributed by atoms with E-state index in [1.807, 2.05) is 0 Å². The van der Waals surface area contributed by atoms with Crippen molar-refractivity contribution < 1.29 is 37.1 Å². The van der Waals surface area contributed by atoms with Gasteiger partial charge in [-0.25, -0.2) is 4.79 Å². The molecule has 3 rings (SSSR count). The van der Waals surface area contributed by atoms with E-state index in [9.17, 15) is 32.3 Å². The number of nitrogens with one attached hydrogen (secondary N) is 2. The van der Waals surface area contributed by atoms with E-state index in [0.29, 0.717) is 0 Å². The van der Waals surface area contributed by atoms with Gasteiger partial charge in [0.15, 0.2) is 6.10 Å². The van der Waals surface area contributed by atoms with Crippen LogP contribution in [0.1, 0.15) is 32.3 Å². The Bertz CT molecular complexity index is 882. The normalized spacial score (nSPS) is 22.5. The van der Waals surface area contributed by atoms with Gasteiger partial charge in [-0.05, 0) is 56.9 Å². The molecule has 30 heavy (non-hydrogen) atoms. The number of hydrogen-bond donors (Lipinski definition) is 2. The Labute approximate surface area is 169 Å². The number of amides is 4. The first kappa shape index (κ1) is 21.6. The van der Waals surface area contributed by atoms with Crippen LogP contribution in [-0.4, -0.2) is 46.9 Å². The summed E-state index contributed by atoms with van der Waals surface area (Å²) >= 11 is 0. The standard InChI is InChI=1S/C19H20F3N3O5/c1-10(15(27)23-13-7-5-12(6-8-13)19(20,21)22)30-14(26)9-25-16(28)18(2,11-3-4-11)24-17(25)29/h5-8,10-11H,3-4,9H2,1-2H3,(H,23,27)(H,24,29)/t10-,18-/m0/s1. The second-order valence-corrected chi connectivity index (χ2v) is 7.49. The van der Waals surface area contributed by atoms with Gasteiger partial charge in [-0.15, -0.1) is 0 Å². The zero-order chi connectivity index (χ0) is 22.3. The fourth-order valence-corrected chi connectivity index (χ4v) is 3.20. The van der Waals surface area contributed by atoms with Crippen molar-refractivity contribution in [2.75, 3.05) is 11.9 Å². The van der Waals surface area contributed by atoms with Crippen molar-refractivity contribution in [3.05, 3.63) is 29.8 Å². The van der Waals surface area contributed by atoms with E-state index in [4.69, 9.17) is 4.74 Å². The molecule has 4 amide bonds. The smallest absolute Gasteiger partial charge is 0.416 e. The lowest BCUT2D eigenvalue weighted by atomic mass is 9.96. The van der Waals surface area contributed by atoms with Crippen molar-refractivity contribution in [1.82, 2.24) is 10.2 Å². The van der Waals surface area contributed by atoms with Gasteiger partial charge in [-0.1, -0.05) is 0 Å². The van der Waals surface area contributed by atoms with Crippen LogP contribution in [0.15, 0.2) is 24.3 Å². The van der Waals surface area contributed by atoms with Gasteiger partial charge in [0, 0.05) is 5.69 Å². The van der Waals surface area contributed by atoms with Crippen LogP contribution in [0.5, 0.6) is 0 Å². The molecule has 2 aliphatic rings. The average molecular weight is 427 g/mol. The summed E-state index contributed by atoms with van der Waals surface area (Å²) in [6.07, 6.45) is -4.18. The maximum absolute atomic E-state index is 12.6. The first-order chi connectivity index (χ1) is 13.9. The van der Waals surface area contributed by atoms with Crippen LogP contribution in [0.25, 0.3) is 0 Å². The molecule has 1 aliphatic heterocycles. The van der Waals surface area contributed by atoms with E-state index in [0.717, 1.165) is 42.0 Å². The van der Waals surface area contributed by atoms with E-state index in [1.54, 1.807) is 6.92 Å². The molecular formula is C19H20F3N3O5. The topological polar surface area (TPSA) is 105 Å². The lowest BCUT2D eigenvalue weighted by molar-refractivity contribution is -0.155. The molecule has 0 aromatic heterocycles. The molecule has 11 heteroatoms. The van der Waals surface area contributed by atoms with E-state index in [1.165, 1.54) is 6.92 Å². The maximum Gasteiger partial charge on any atom is 0.416 e. The van der Waals surface area contributed by atoms with Gasteiger partial charge in [-0.3, -0.25) is 19.3 Å². The Balaban J connectivity index is 1.53. The minimum atomic E-state index is -4.50. The molecule has 2 atom stereocenters. The lowest BCUT2D eigenvalue weighted by Crippen LogP contribution is -2.46. The van der Waals surface area contributed by atoms with Crippen molar-refractivity contribution in [3.63, 3.8) is 0 Å². The van der Waals surface area contributed by atoms with Crippen LogP contribution in [0.2, 0.25) is 0 Å². The number of esters is 1. The van der Waals surface area contributed by atoms with Gasteiger partial charge < -0.3 is 15.4 Å². The molecule has 2 N–H and O–H groups in total. The van der Waals surface area contributed by atoms with Crippen molar-refractivity contribution >= 4 is 29.5 Å². The van der Waals surface area contributed by atoms with Crippen molar-refractivity contribution in [1.29, 1.82) is 0 Å². The molecule has 162 valence electrons. The molecule has 1 saturated heterocycles. The number of imide groups is 1. The Hall–Kier alpha value is -3.11. The third-order valence-corrected chi connectivity index (χ3v) is 5.14. The van der Waals surface area contributed by atoms with Crippen LogP contribution in [0.3, 0.4) is 0 Å². The van der Waals surface area contributed by atoms with Crippen LogP contribution in [-0.2, 0) is 25.3 Å². The molecule has 0 unspecified atom stereocenters. The van der Waals surface area contributed by atoms with Crippen molar-refractivity contribution in [2.24, 2.45) is 5.92 Å². The molecular weight excluding hydrogens is 407 g/mol.